The summed E-state index contributed by atoms with van der Waals surface area (Å²) < 4.78 is 5.48. The molecular formula is C13H19NO. The fourth-order valence-electron chi connectivity index (χ4n) is 2.35. The second kappa shape index (κ2) is 5.29. The molecule has 2 heteroatoms. The van der Waals surface area contributed by atoms with Crippen molar-refractivity contribution in [3.8, 4) is 0 Å². The summed E-state index contributed by atoms with van der Waals surface area (Å²) in [7, 11) is 2.02. The maximum atomic E-state index is 5.48. The Morgan fingerprint density at radius 1 is 1.40 bits per heavy atom. The van der Waals surface area contributed by atoms with Crippen LogP contribution in [0.3, 0.4) is 0 Å². The largest absolute Gasteiger partial charge is 0.381 e. The molecule has 0 bridgehead atoms. The lowest BCUT2D eigenvalue weighted by Crippen LogP contribution is -2.24. The first-order valence-corrected chi connectivity index (χ1v) is 5.69. The van der Waals surface area contributed by atoms with Crippen LogP contribution in [0, 0.1) is 5.92 Å². The lowest BCUT2D eigenvalue weighted by atomic mass is 9.85. The van der Waals surface area contributed by atoms with Crippen molar-refractivity contribution in [1.82, 2.24) is 5.32 Å². The quantitative estimate of drug-likeness (QED) is 0.812. The van der Waals surface area contributed by atoms with E-state index >= 15 is 0 Å². The second-order valence-corrected chi connectivity index (χ2v) is 4.20. The van der Waals surface area contributed by atoms with E-state index in [1.807, 2.05) is 7.05 Å². The molecule has 2 unspecified atom stereocenters. The molecular weight excluding hydrogens is 186 g/mol. The van der Waals surface area contributed by atoms with E-state index in [0.29, 0.717) is 11.8 Å². The summed E-state index contributed by atoms with van der Waals surface area (Å²) in [5.41, 5.74) is 1.43. The minimum absolute atomic E-state index is 0.596. The van der Waals surface area contributed by atoms with Crippen LogP contribution < -0.4 is 5.32 Å². The fourth-order valence-corrected chi connectivity index (χ4v) is 2.35. The van der Waals surface area contributed by atoms with Crippen LogP contribution in [0.2, 0.25) is 0 Å². The molecule has 1 aromatic rings. The van der Waals surface area contributed by atoms with Crippen LogP contribution >= 0.6 is 0 Å². The van der Waals surface area contributed by atoms with Gasteiger partial charge in [0.25, 0.3) is 0 Å². The first kappa shape index (κ1) is 10.7. The van der Waals surface area contributed by atoms with Gasteiger partial charge >= 0.3 is 0 Å². The fraction of sp³-hybridized carbons (Fsp3) is 0.538. The maximum Gasteiger partial charge on any atom is 0.0501 e. The van der Waals surface area contributed by atoms with Gasteiger partial charge in [-0.15, -0.1) is 0 Å². The zero-order chi connectivity index (χ0) is 10.5. The molecule has 1 saturated heterocycles. The van der Waals surface area contributed by atoms with E-state index in [1.165, 1.54) is 12.0 Å². The average molecular weight is 205 g/mol. The van der Waals surface area contributed by atoms with Crippen molar-refractivity contribution < 1.29 is 4.74 Å². The van der Waals surface area contributed by atoms with Crippen LogP contribution in [-0.4, -0.2) is 26.8 Å². The molecule has 1 N–H and O–H groups in total. The Labute approximate surface area is 91.6 Å². The zero-order valence-corrected chi connectivity index (χ0v) is 9.28. The molecule has 0 aliphatic carbocycles. The van der Waals surface area contributed by atoms with Crippen molar-refractivity contribution >= 4 is 0 Å². The highest BCUT2D eigenvalue weighted by molar-refractivity contribution is 5.21. The van der Waals surface area contributed by atoms with Crippen LogP contribution in [0.15, 0.2) is 30.3 Å². The van der Waals surface area contributed by atoms with E-state index in [-0.39, 0.29) is 0 Å². The summed E-state index contributed by atoms with van der Waals surface area (Å²) in [6, 6.07) is 10.8. The van der Waals surface area contributed by atoms with Gasteiger partial charge in [-0.25, -0.2) is 0 Å². The maximum absolute atomic E-state index is 5.48. The van der Waals surface area contributed by atoms with E-state index in [1.54, 1.807) is 0 Å². The lowest BCUT2D eigenvalue weighted by Gasteiger charge is -2.22. The van der Waals surface area contributed by atoms with Crippen LogP contribution in [0.5, 0.6) is 0 Å². The van der Waals surface area contributed by atoms with Gasteiger partial charge in [-0.05, 0) is 24.9 Å². The first-order valence-electron chi connectivity index (χ1n) is 5.69. The molecule has 15 heavy (non-hydrogen) atoms. The van der Waals surface area contributed by atoms with E-state index in [0.717, 1.165) is 19.8 Å². The van der Waals surface area contributed by atoms with Crippen molar-refractivity contribution in [3.63, 3.8) is 0 Å². The highest BCUT2D eigenvalue weighted by Gasteiger charge is 2.26. The Balaban J connectivity index is 2.11. The number of likely N-dealkylation sites (N-methyl/N-ethyl adjacent to an activating group) is 1. The highest BCUT2D eigenvalue weighted by atomic mass is 16.5. The number of hydrogen-bond acceptors (Lipinski definition) is 2. The predicted molar refractivity (Wildman–Crippen MR) is 62.0 cm³/mol. The molecule has 2 nitrogen and oxygen atoms in total. The zero-order valence-electron chi connectivity index (χ0n) is 9.28. The van der Waals surface area contributed by atoms with Gasteiger partial charge in [-0.2, -0.15) is 0 Å². The number of ether oxygens (including phenoxy) is 1. The molecule has 0 radical (unpaired) electrons. The van der Waals surface area contributed by atoms with Gasteiger partial charge in [-0.1, -0.05) is 30.3 Å². The third-order valence-electron chi connectivity index (χ3n) is 3.19. The molecule has 1 heterocycles. The average Bonchev–Trinajstić information content (AvgIpc) is 2.80. The lowest BCUT2D eigenvalue weighted by molar-refractivity contribution is 0.180. The Morgan fingerprint density at radius 3 is 2.80 bits per heavy atom. The van der Waals surface area contributed by atoms with Crippen molar-refractivity contribution in [3.05, 3.63) is 35.9 Å². The molecule has 0 aromatic heterocycles. The first-order chi connectivity index (χ1) is 7.42. The van der Waals surface area contributed by atoms with Gasteiger partial charge in [-0.3, -0.25) is 0 Å². The van der Waals surface area contributed by atoms with Crippen molar-refractivity contribution in [2.75, 3.05) is 26.8 Å². The summed E-state index contributed by atoms with van der Waals surface area (Å²) >= 11 is 0. The van der Waals surface area contributed by atoms with Crippen LogP contribution in [-0.2, 0) is 4.74 Å². The Kier molecular flexibility index (Phi) is 3.75. The predicted octanol–water partition coefficient (Wildman–Crippen LogP) is 2.03. The normalized spacial score (nSPS) is 22.9. The van der Waals surface area contributed by atoms with Gasteiger partial charge in [0.2, 0.25) is 0 Å². The minimum Gasteiger partial charge on any atom is -0.381 e. The summed E-state index contributed by atoms with van der Waals surface area (Å²) in [5, 5.41) is 3.29. The van der Waals surface area contributed by atoms with Gasteiger partial charge in [0.15, 0.2) is 0 Å². The van der Waals surface area contributed by atoms with Crippen LogP contribution in [0.4, 0.5) is 0 Å². The summed E-state index contributed by atoms with van der Waals surface area (Å²) in [6.07, 6.45) is 1.20. The van der Waals surface area contributed by atoms with Crippen molar-refractivity contribution in [2.45, 2.75) is 12.3 Å². The minimum atomic E-state index is 0.596. The van der Waals surface area contributed by atoms with Crippen molar-refractivity contribution in [1.29, 1.82) is 0 Å². The van der Waals surface area contributed by atoms with E-state index in [9.17, 15) is 0 Å². The molecule has 1 aliphatic heterocycles. The van der Waals surface area contributed by atoms with E-state index in [2.05, 4.69) is 35.6 Å². The SMILES string of the molecule is CNCC(c1ccccc1)C1CCOC1. The van der Waals surface area contributed by atoms with Gasteiger partial charge in [0.1, 0.15) is 0 Å². The third kappa shape index (κ3) is 2.58. The monoisotopic (exact) mass is 205 g/mol. The standard InChI is InChI=1S/C13H19NO/c1-14-9-13(12-7-8-15-10-12)11-5-3-2-4-6-11/h2-6,12-14H,7-10H2,1H3. The molecule has 0 saturated carbocycles. The molecule has 2 rings (SSSR count). The third-order valence-corrected chi connectivity index (χ3v) is 3.19. The van der Waals surface area contributed by atoms with Gasteiger partial charge in [0, 0.05) is 19.1 Å². The molecule has 82 valence electrons. The number of benzene rings is 1. The topological polar surface area (TPSA) is 21.3 Å². The van der Waals surface area contributed by atoms with Gasteiger partial charge in [0.05, 0.1) is 6.61 Å². The molecule has 1 aromatic carbocycles. The highest BCUT2D eigenvalue weighted by Crippen LogP contribution is 2.30. The number of hydrogen-bond donors (Lipinski definition) is 1. The summed E-state index contributed by atoms with van der Waals surface area (Å²) in [4.78, 5) is 0. The number of nitrogens with one attached hydrogen (secondary N) is 1. The second-order valence-electron chi connectivity index (χ2n) is 4.20. The Bertz CT molecular complexity index is 280. The summed E-state index contributed by atoms with van der Waals surface area (Å²) in [6.45, 7) is 2.89. The van der Waals surface area contributed by atoms with Gasteiger partial charge < -0.3 is 10.1 Å². The number of rotatable bonds is 4. The Hall–Kier alpha value is -0.860. The molecule has 0 spiro atoms. The van der Waals surface area contributed by atoms with Crippen molar-refractivity contribution in [2.24, 2.45) is 5.92 Å². The van der Waals surface area contributed by atoms with E-state index in [4.69, 9.17) is 4.74 Å². The molecule has 0 amide bonds. The van der Waals surface area contributed by atoms with Crippen LogP contribution in [0.1, 0.15) is 17.9 Å². The molecule has 1 fully saturated rings. The van der Waals surface area contributed by atoms with Crippen LogP contribution in [0.25, 0.3) is 0 Å². The smallest absolute Gasteiger partial charge is 0.0501 e. The Morgan fingerprint density at radius 2 is 2.20 bits per heavy atom. The summed E-state index contributed by atoms with van der Waals surface area (Å²) in [5.74, 6) is 1.28. The molecule has 2 atom stereocenters. The van der Waals surface area contributed by atoms with E-state index < -0.39 is 0 Å². The molecule has 1 aliphatic rings.